The molecule has 1 aliphatic carbocycles. The molecule has 6 nitrogen and oxygen atoms in total. The molecule has 2 bridgehead atoms. The first-order valence-electron chi connectivity index (χ1n) is 10.5. The minimum absolute atomic E-state index is 0.000693. The SMILES string of the molecule is Cc1cc(C)c2c(c1)C1=C[C@@]34NC(=O)C5(CCCN5C3=O)CC4C(C)(C)C1=[N+]2[O-]. The van der Waals surface area contributed by atoms with Gasteiger partial charge in [-0.25, -0.2) is 0 Å². The summed E-state index contributed by atoms with van der Waals surface area (Å²) in [5.74, 6) is -0.166. The first-order chi connectivity index (χ1) is 13.6. The highest BCUT2D eigenvalue weighted by Gasteiger charge is 2.73. The number of allylic oxidation sites excluding steroid dienone is 1. The second kappa shape index (κ2) is 4.74. The number of fused-ring (bicyclic) bond motifs is 4. The normalized spacial score (nSPS) is 35.8. The van der Waals surface area contributed by atoms with E-state index in [1.165, 1.54) is 0 Å². The van der Waals surface area contributed by atoms with Gasteiger partial charge in [0.15, 0.2) is 0 Å². The summed E-state index contributed by atoms with van der Waals surface area (Å²) in [5, 5.41) is 16.6. The van der Waals surface area contributed by atoms with Gasteiger partial charge in [-0.15, -0.1) is 0 Å². The number of hydrogen-bond acceptors (Lipinski definition) is 3. The summed E-state index contributed by atoms with van der Waals surface area (Å²) in [6.07, 6.45) is 4.09. The van der Waals surface area contributed by atoms with Crippen LogP contribution in [0.25, 0.3) is 5.57 Å². The average Bonchev–Trinajstić information content (AvgIpc) is 3.18. The van der Waals surface area contributed by atoms with E-state index in [4.69, 9.17) is 0 Å². The zero-order chi connectivity index (χ0) is 20.5. The van der Waals surface area contributed by atoms with E-state index >= 15 is 0 Å². The number of piperazine rings is 1. The van der Waals surface area contributed by atoms with Crippen molar-refractivity contribution in [3.63, 3.8) is 0 Å². The highest BCUT2D eigenvalue weighted by molar-refractivity contribution is 6.30. The number of rotatable bonds is 0. The second-order valence-electron chi connectivity index (χ2n) is 10.1. The third kappa shape index (κ3) is 1.66. The molecule has 4 saturated heterocycles. The molecule has 0 radical (unpaired) electrons. The van der Waals surface area contributed by atoms with Crippen LogP contribution in [-0.2, 0) is 9.59 Å². The summed E-state index contributed by atoms with van der Waals surface area (Å²) in [7, 11) is 0. The molecule has 1 aromatic carbocycles. The van der Waals surface area contributed by atoms with Crippen molar-refractivity contribution in [2.75, 3.05) is 6.54 Å². The molecule has 5 heterocycles. The highest BCUT2D eigenvalue weighted by Crippen LogP contribution is 2.60. The van der Waals surface area contributed by atoms with Gasteiger partial charge in [-0.05, 0) is 70.7 Å². The number of piperidine rings is 2. The predicted molar refractivity (Wildman–Crippen MR) is 109 cm³/mol. The van der Waals surface area contributed by atoms with Crippen molar-refractivity contribution in [3.05, 3.63) is 40.1 Å². The van der Waals surface area contributed by atoms with Gasteiger partial charge in [0.1, 0.15) is 11.1 Å². The number of benzene rings is 1. The van der Waals surface area contributed by atoms with Gasteiger partial charge in [-0.1, -0.05) is 0 Å². The molecule has 1 N–H and O–H groups in total. The number of aryl methyl sites for hydroxylation is 2. The van der Waals surface area contributed by atoms with E-state index in [1.54, 1.807) is 0 Å². The first-order valence-corrected chi connectivity index (χ1v) is 10.5. The number of amides is 2. The maximum Gasteiger partial charge on any atom is 0.253 e. The second-order valence-corrected chi connectivity index (χ2v) is 10.1. The molecular weight excluding hydrogens is 366 g/mol. The summed E-state index contributed by atoms with van der Waals surface area (Å²) in [5.41, 5.74) is 2.76. The molecule has 4 fully saturated rings. The maximum atomic E-state index is 13.7. The van der Waals surface area contributed by atoms with Crippen LogP contribution in [0, 0.1) is 30.4 Å². The fraction of sp³-hybridized carbons (Fsp3) is 0.522. The zero-order valence-corrected chi connectivity index (χ0v) is 17.3. The average molecular weight is 391 g/mol. The Balaban J connectivity index is 1.68. The van der Waals surface area contributed by atoms with Crippen molar-refractivity contribution in [2.24, 2.45) is 11.3 Å². The molecular formula is C23H25N3O3. The minimum Gasteiger partial charge on any atom is -0.618 e. The van der Waals surface area contributed by atoms with Crippen LogP contribution in [0.15, 0.2) is 18.2 Å². The van der Waals surface area contributed by atoms with Gasteiger partial charge < -0.3 is 15.4 Å². The monoisotopic (exact) mass is 391 g/mol. The molecule has 7 rings (SSSR count). The van der Waals surface area contributed by atoms with Crippen LogP contribution in [0.2, 0.25) is 0 Å². The van der Waals surface area contributed by atoms with Crippen molar-refractivity contribution in [1.82, 2.24) is 10.2 Å². The Bertz CT molecular complexity index is 1110. The summed E-state index contributed by atoms with van der Waals surface area (Å²) in [6, 6.07) is 4.05. The molecule has 0 saturated carbocycles. The van der Waals surface area contributed by atoms with Gasteiger partial charge in [-0.3, -0.25) is 9.59 Å². The van der Waals surface area contributed by atoms with Crippen LogP contribution in [0.5, 0.6) is 0 Å². The third-order valence-electron chi connectivity index (χ3n) is 8.17. The first kappa shape index (κ1) is 17.2. The Kier molecular flexibility index (Phi) is 2.82. The Hall–Kier alpha value is -2.63. The molecule has 2 amide bonds. The van der Waals surface area contributed by atoms with Crippen LogP contribution in [0.4, 0.5) is 5.69 Å². The lowest BCUT2D eigenvalue weighted by Gasteiger charge is -2.62. The van der Waals surface area contributed by atoms with Crippen LogP contribution in [0.1, 0.15) is 49.8 Å². The Morgan fingerprint density at radius 2 is 2.00 bits per heavy atom. The van der Waals surface area contributed by atoms with Crippen molar-refractivity contribution < 1.29 is 14.3 Å². The quantitative estimate of drug-likeness (QED) is 0.546. The standard InChI is InChI=1S/C23H25N3O3/c1-12-8-13(2)17-14(9-12)15-10-23-16(21(3,4)18(15)26(17)29)11-22(19(27)24-23)6-5-7-25(22)20(23)28/h8-10,16H,5-7,11H2,1-4H3,(H,24,27)/t16?,22?,23-/m0/s1. The molecule has 5 aliphatic heterocycles. The molecule has 0 aromatic heterocycles. The van der Waals surface area contributed by atoms with E-state index in [0.29, 0.717) is 25.1 Å². The molecule has 2 spiro atoms. The lowest BCUT2D eigenvalue weighted by Crippen LogP contribution is -2.83. The highest BCUT2D eigenvalue weighted by atomic mass is 16.5. The van der Waals surface area contributed by atoms with Gasteiger partial charge in [0.2, 0.25) is 17.3 Å². The van der Waals surface area contributed by atoms with E-state index in [9.17, 15) is 14.8 Å². The van der Waals surface area contributed by atoms with Gasteiger partial charge >= 0.3 is 0 Å². The molecule has 6 aliphatic rings. The molecule has 6 heteroatoms. The van der Waals surface area contributed by atoms with Crippen LogP contribution < -0.4 is 5.32 Å². The van der Waals surface area contributed by atoms with Crippen molar-refractivity contribution in [2.45, 2.75) is 58.0 Å². The summed E-state index contributed by atoms with van der Waals surface area (Å²) in [4.78, 5) is 28.7. The van der Waals surface area contributed by atoms with E-state index in [2.05, 4.69) is 19.2 Å². The van der Waals surface area contributed by atoms with Crippen molar-refractivity contribution in [1.29, 1.82) is 0 Å². The number of hydrogen-bond donors (Lipinski definition) is 1. The number of carbonyl (C=O) groups is 2. The zero-order valence-electron chi connectivity index (χ0n) is 17.3. The number of nitrogens with one attached hydrogen (secondary N) is 1. The van der Waals surface area contributed by atoms with E-state index in [1.807, 2.05) is 37.0 Å². The molecule has 150 valence electrons. The molecule has 1 aromatic rings. The lowest BCUT2D eigenvalue weighted by atomic mass is 9.51. The number of nitrogens with zero attached hydrogens (tertiary/aromatic N) is 2. The van der Waals surface area contributed by atoms with Crippen molar-refractivity contribution in [3.8, 4) is 0 Å². The van der Waals surface area contributed by atoms with Gasteiger partial charge in [0.05, 0.1) is 16.6 Å². The van der Waals surface area contributed by atoms with Crippen LogP contribution in [-0.4, -0.2) is 44.8 Å². The topological polar surface area (TPSA) is 75.5 Å². The minimum atomic E-state index is -1.06. The van der Waals surface area contributed by atoms with Crippen LogP contribution in [0.3, 0.4) is 0 Å². The van der Waals surface area contributed by atoms with Gasteiger partial charge in [0.25, 0.3) is 5.91 Å². The van der Waals surface area contributed by atoms with Crippen molar-refractivity contribution >= 4 is 28.8 Å². The Morgan fingerprint density at radius 3 is 2.76 bits per heavy atom. The Labute approximate surface area is 169 Å². The van der Waals surface area contributed by atoms with E-state index in [0.717, 1.165) is 39.1 Å². The fourth-order valence-corrected chi connectivity index (χ4v) is 6.99. The summed E-state index contributed by atoms with van der Waals surface area (Å²) in [6.45, 7) is 8.75. The summed E-state index contributed by atoms with van der Waals surface area (Å²) < 4.78 is 1.08. The molecule has 3 atom stereocenters. The van der Waals surface area contributed by atoms with E-state index in [-0.39, 0.29) is 17.7 Å². The third-order valence-corrected chi connectivity index (χ3v) is 8.17. The largest absolute Gasteiger partial charge is 0.618 e. The maximum absolute atomic E-state index is 13.7. The fourth-order valence-electron chi connectivity index (χ4n) is 6.99. The smallest absolute Gasteiger partial charge is 0.253 e. The van der Waals surface area contributed by atoms with E-state index < -0.39 is 16.5 Å². The Morgan fingerprint density at radius 1 is 1.24 bits per heavy atom. The summed E-state index contributed by atoms with van der Waals surface area (Å²) >= 11 is 0. The van der Waals surface area contributed by atoms with Gasteiger partial charge in [0, 0.05) is 18.0 Å². The lowest BCUT2D eigenvalue weighted by molar-refractivity contribution is -0.363. The van der Waals surface area contributed by atoms with Crippen LogP contribution >= 0.6 is 0 Å². The molecule has 29 heavy (non-hydrogen) atoms. The predicted octanol–water partition coefficient (Wildman–Crippen LogP) is 2.57. The van der Waals surface area contributed by atoms with Gasteiger partial charge in [-0.2, -0.15) is 4.74 Å². The molecule has 2 unspecified atom stereocenters. The number of carbonyl (C=O) groups excluding carboxylic acids is 2.